The van der Waals surface area contributed by atoms with Crippen LogP contribution < -0.4 is 16.6 Å². The molecule has 0 unspecified atom stereocenters. The molecule has 10 heteroatoms. The first-order valence-corrected chi connectivity index (χ1v) is 15.1. The lowest BCUT2D eigenvalue weighted by Gasteiger charge is -2.31. The molecule has 196 valence electrons. The van der Waals surface area contributed by atoms with Crippen molar-refractivity contribution in [3.8, 4) is 0 Å². The largest absolute Gasteiger partial charge is 0.353 e. The van der Waals surface area contributed by atoms with Gasteiger partial charge in [-0.3, -0.25) is 18.7 Å². The molecule has 2 aliphatic rings. The van der Waals surface area contributed by atoms with Crippen LogP contribution in [0.4, 0.5) is 4.39 Å². The van der Waals surface area contributed by atoms with Gasteiger partial charge >= 0.3 is 5.69 Å². The molecular formula is C27H31FN4O3S2. The second kappa shape index (κ2) is 11.9. The highest BCUT2D eigenvalue weighted by atomic mass is 32.2. The lowest BCUT2D eigenvalue weighted by Crippen LogP contribution is -2.46. The van der Waals surface area contributed by atoms with Gasteiger partial charge in [0.05, 0.1) is 17.3 Å². The second-order valence-electron chi connectivity index (χ2n) is 9.75. The van der Waals surface area contributed by atoms with E-state index >= 15 is 0 Å². The van der Waals surface area contributed by atoms with Gasteiger partial charge in [-0.25, -0.2) is 14.2 Å². The molecule has 3 aromatic rings. The molecule has 5 rings (SSSR count). The smallest absolute Gasteiger partial charge is 0.333 e. The summed E-state index contributed by atoms with van der Waals surface area (Å²) >= 11 is 3.43. The molecule has 0 radical (unpaired) electrons. The molecule has 1 aliphatic heterocycles. The van der Waals surface area contributed by atoms with Crippen LogP contribution in [0.1, 0.15) is 56.2 Å². The molecule has 1 saturated carbocycles. The maximum Gasteiger partial charge on any atom is 0.333 e. The van der Waals surface area contributed by atoms with Crippen LogP contribution in [0.5, 0.6) is 0 Å². The van der Waals surface area contributed by atoms with Crippen LogP contribution in [0.15, 0.2) is 52.2 Å². The number of aromatic nitrogens is 3. The summed E-state index contributed by atoms with van der Waals surface area (Å²) in [6.07, 6.45) is 5.29. The molecule has 1 aliphatic carbocycles. The van der Waals surface area contributed by atoms with E-state index < -0.39 is 11.4 Å². The van der Waals surface area contributed by atoms with Gasteiger partial charge in [-0.15, -0.1) is 11.8 Å². The highest BCUT2D eigenvalue weighted by molar-refractivity contribution is 7.99. The predicted octanol–water partition coefficient (Wildman–Crippen LogP) is 4.30. The number of halogens is 1. The quantitative estimate of drug-likeness (QED) is 0.479. The van der Waals surface area contributed by atoms with Gasteiger partial charge in [0.15, 0.2) is 0 Å². The summed E-state index contributed by atoms with van der Waals surface area (Å²) < 4.78 is 17.0. The summed E-state index contributed by atoms with van der Waals surface area (Å²) in [5, 5.41) is 3.27. The Balaban J connectivity index is 1.28. The minimum Gasteiger partial charge on any atom is -0.353 e. The van der Waals surface area contributed by atoms with Gasteiger partial charge in [-0.05, 0) is 61.7 Å². The summed E-state index contributed by atoms with van der Waals surface area (Å²) in [4.78, 5) is 43.7. The number of hydrogen-bond donors (Lipinski definition) is 1. The van der Waals surface area contributed by atoms with Crippen molar-refractivity contribution in [3.63, 3.8) is 0 Å². The van der Waals surface area contributed by atoms with Gasteiger partial charge in [0, 0.05) is 23.9 Å². The van der Waals surface area contributed by atoms with Crippen molar-refractivity contribution in [3.05, 3.63) is 74.8 Å². The third-order valence-electron chi connectivity index (χ3n) is 7.25. The maximum atomic E-state index is 14.1. The summed E-state index contributed by atoms with van der Waals surface area (Å²) in [7, 11) is 0. The van der Waals surface area contributed by atoms with E-state index in [1.54, 1.807) is 16.3 Å². The zero-order chi connectivity index (χ0) is 25.8. The number of benzene rings is 1. The Bertz CT molecular complexity index is 1360. The SMILES string of the molecule is O=C(CSCc1ccccc1)N[C@H]1CC[C@@H](n2c(=O)c3cc(F)cnc3n(C3CCSCC3)c2=O)CC1. The van der Waals surface area contributed by atoms with E-state index in [0.29, 0.717) is 31.4 Å². The van der Waals surface area contributed by atoms with Gasteiger partial charge in [0.2, 0.25) is 5.91 Å². The zero-order valence-corrected chi connectivity index (χ0v) is 22.2. The van der Waals surface area contributed by atoms with Crippen LogP contribution in [-0.2, 0) is 10.5 Å². The van der Waals surface area contributed by atoms with E-state index in [1.165, 1.54) is 16.2 Å². The first-order chi connectivity index (χ1) is 18.0. The van der Waals surface area contributed by atoms with Crippen LogP contribution in [0.3, 0.4) is 0 Å². The van der Waals surface area contributed by atoms with Crippen molar-refractivity contribution in [1.82, 2.24) is 19.4 Å². The van der Waals surface area contributed by atoms with Crippen LogP contribution in [0.2, 0.25) is 0 Å². The molecule has 1 aromatic carbocycles. The molecule has 1 amide bonds. The molecule has 0 spiro atoms. The summed E-state index contributed by atoms with van der Waals surface area (Å²) in [6.45, 7) is 0. The van der Waals surface area contributed by atoms with E-state index in [1.807, 2.05) is 42.1 Å². The predicted molar refractivity (Wildman–Crippen MR) is 148 cm³/mol. The van der Waals surface area contributed by atoms with Gasteiger partial charge < -0.3 is 5.32 Å². The molecule has 1 N–H and O–H groups in total. The van der Waals surface area contributed by atoms with Crippen LogP contribution in [0.25, 0.3) is 11.0 Å². The summed E-state index contributed by atoms with van der Waals surface area (Å²) in [5.74, 6) is 2.47. The normalized spacial score (nSPS) is 20.7. The minimum absolute atomic E-state index is 0.00586. The standard InChI is InChI=1S/C27H31FN4O3S2/c28-19-14-23-25(29-15-19)31(22-10-12-36-13-11-22)27(35)32(26(23)34)21-8-6-20(7-9-21)30-24(33)17-37-16-18-4-2-1-3-5-18/h1-5,14-15,20-22H,6-13,16-17H2,(H,30,33)/t20-,21+. The molecule has 37 heavy (non-hydrogen) atoms. The number of hydrogen-bond acceptors (Lipinski definition) is 6. The average Bonchev–Trinajstić information content (AvgIpc) is 2.91. The molecule has 0 atom stereocenters. The highest BCUT2D eigenvalue weighted by Gasteiger charge is 2.29. The Morgan fingerprint density at radius 1 is 1.03 bits per heavy atom. The lowest BCUT2D eigenvalue weighted by molar-refractivity contribution is -0.119. The molecule has 2 aromatic heterocycles. The van der Waals surface area contributed by atoms with Gasteiger partial charge in [0.1, 0.15) is 11.5 Å². The Morgan fingerprint density at radius 3 is 2.46 bits per heavy atom. The fourth-order valence-corrected chi connectivity index (χ4v) is 7.26. The topological polar surface area (TPSA) is 86.0 Å². The summed E-state index contributed by atoms with van der Waals surface area (Å²) in [5.41, 5.74) is 0.643. The van der Waals surface area contributed by atoms with Crippen molar-refractivity contribution in [2.24, 2.45) is 0 Å². The van der Waals surface area contributed by atoms with Gasteiger partial charge in [-0.2, -0.15) is 11.8 Å². The fraction of sp³-hybridized carbons (Fsp3) is 0.481. The van der Waals surface area contributed by atoms with Crippen molar-refractivity contribution >= 4 is 40.5 Å². The van der Waals surface area contributed by atoms with Crippen molar-refractivity contribution in [2.45, 2.75) is 62.4 Å². The molecule has 2 fully saturated rings. The van der Waals surface area contributed by atoms with Crippen LogP contribution in [-0.4, -0.2) is 43.3 Å². The number of carbonyl (C=O) groups excluding carboxylic acids is 1. The molecule has 1 saturated heterocycles. The highest BCUT2D eigenvalue weighted by Crippen LogP contribution is 2.30. The van der Waals surface area contributed by atoms with Crippen LogP contribution in [0, 0.1) is 5.82 Å². The fourth-order valence-electron chi connectivity index (χ4n) is 5.38. The lowest BCUT2D eigenvalue weighted by atomic mass is 9.91. The van der Waals surface area contributed by atoms with E-state index in [9.17, 15) is 18.8 Å². The molecule has 7 nitrogen and oxygen atoms in total. The van der Waals surface area contributed by atoms with Gasteiger partial charge in [0.25, 0.3) is 5.56 Å². The Morgan fingerprint density at radius 2 is 1.73 bits per heavy atom. The van der Waals surface area contributed by atoms with Crippen molar-refractivity contribution < 1.29 is 9.18 Å². The maximum absolute atomic E-state index is 14.1. The Hall–Kier alpha value is -2.59. The van der Waals surface area contributed by atoms with E-state index in [-0.39, 0.29) is 40.8 Å². The van der Waals surface area contributed by atoms with Crippen LogP contribution >= 0.6 is 23.5 Å². The number of carbonyl (C=O) groups is 1. The minimum atomic E-state index is -0.586. The summed E-state index contributed by atoms with van der Waals surface area (Å²) in [6, 6.07) is 10.9. The van der Waals surface area contributed by atoms with Gasteiger partial charge in [-0.1, -0.05) is 30.3 Å². The number of amides is 1. The van der Waals surface area contributed by atoms with E-state index in [4.69, 9.17) is 0 Å². The first kappa shape index (κ1) is 26.0. The Kier molecular flexibility index (Phi) is 8.34. The van der Waals surface area contributed by atoms with Crippen molar-refractivity contribution in [1.29, 1.82) is 0 Å². The van der Waals surface area contributed by atoms with E-state index in [2.05, 4.69) is 10.3 Å². The molecule has 0 bridgehead atoms. The third kappa shape index (κ3) is 5.95. The number of thioether (sulfide) groups is 2. The van der Waals surface area contributed by atoms with Crippen molar-refractivity contribution in [2.75, 3.05) is 17.3 Å². The average molecular weight is 543 g/mol. The monoisotopic (exact) mass is 542 g/mol. The second-order valence-corrected chi connectivity index (χ2v) is 12.0. The number of nitrogens with one attached hydrogen (secondary N) is 1. The number of nitrogens with zero attached hydrogens (tertiary/aromatic N) is 3. The van der Waals surface area contributed by atoms with E-state index in [0.717, 1.165) is 36.3 Å². The third-order valence-corrected chi connectivity index (χ3v) is 9.30. The number of rotatable bonds is 7. The molecular weight excluding hydrogens is 511 g/mol. The number of fused-ring (bicyclic) bond motifs is 1. The Labute approximate surface area is 223 Å². The zero-order valence-electron chi connectivity index (χ0n) is 20.6. The molecule has 3 heterocycles. The first-order valence-electron chi connectivity index (χ1n) is 12.8. The number of pyridine rings is 1.